The summed E-state index contributed by atoms with van der Waals surface area (Å²) in [4.78, 5) is 46.6. The van der Waals surface area contributed by atoms with Crippen LogP contribution in [-0.2, 0) is 20.9 Å². The lowest BCUT2D eigenvalue weighted by molar-refractivity contribution is -0.140. The van der Waals surface area contributed by atoms with Crippen molar-refractivity contribution < 1.29 is 19.1 Å². The molecule has 0 aliphatic carbocycles. The Kier molecular flexibility index (Phi) is 11.5. The number of anilines is 1. The molecule has 0 saturated carbocycles. The molecule has 5 rings (SSSR count). The monoisotopic (exact) mass is 659 g/mol. The van der Waals surface area contributed by atoms with Crippen LogP contribution in [0.15, 0.2) is 36.4 Å². The van der Waals surface area contributed by atoms with E-state index in [0.29, 0.717) is 12.1 Å². The molecule has 3 aliphatic heterocycles. The minimum Gasteiger partial charge on any atom is -0.379 e. The third-order valence-electron chi connectivity index (χ3n) is 10.5. The van der Waals surface area contributed by atoms with Gasteiger partial charge in [-0.25, -0.2) is 0 Å². The fourth-order valence-corrected chi connectivity index (χ4v) is 7.68. The highest BCUT2D eigenvalue weighted by atomic mass is 16.5. The molecule has 2 aromatic rings. The zero-order valence-electron chi connectivity index (χ0n) is 30.2. The van der Waals surface area contributed by atoms with Crippen molar-refractivity contribution in [2.75, 3.05) is 57.4 Å². The first-order valence-corrected chi connectivity index (χ1v) is 18.0. The number of piperidine rings is 2. The van der Waals surface area contributed by atoms with Gasteiger partial charge in [-0.2, -0.15) is 0 Å². The van der Waals surface area contributed by atoms with Gasteiger partial charge in [0.05, 0.1) is 19.1 Å². The summed E-state index contributed by atoms with van der Waals surface area (Å²) in [5, 5.41) is 6.19. The van der Waals surface area contributed by atoms with Gasteiger partial charge in [0.25, 0.3) is 5.91 Å². The Labute approximate surface area is 287 Å². The lowest BCUT2D eigenvalue weighted by Crippen LogP contribution is -2.50. The molecule has 3 aliphatic rings. The molecule has 3 amide bonds. The maximum Gasteiger partial charge on any atom is 0.251 e. The Morgan fingerprint density at radius 3 is 2.27 bits per heavy atom. The molecule has 48 heavy (non-hydrogen) atoms. The molecule has 3 unspecified atom stereocenters. The molecule has 3 fully saturated rings. The van der Waals surface area contributed by atoms with Crippen LogP contribution in [0.1, 0.15) is 82.3 Å². The van der Waals surface area contributed by atoms with Crippen molar-refractivity contribution in [3.05, 3.63) is 53.1 Å². The first kappa shape index (κ1) is 35.9. The van der Waals surface area contributed by atoms with Gasteiger partial charge in [0.1, 0.15) is 0 Å². The van der Waals surface area contributed by atoms with Crippen molar-refractivity contribution in [1.82, 2.24) is 20.4 Å². The van der Waals surface area contributed by atoms with E-state index in [2.05, 4.69) is 64.6 Å². The van der Waals surface area contributed by atoms with Gasteiger partial charge in [0, 0.05) is 74.6 Å². The van der Waals surface area contributed by atoms with Gasteiger partial charge in [-0.15, -0.1) is 0 Å². The van der Waals surface area contributed by atoms with E-state index in [4.69, 9.17) is 4.74 Å². The fourth-order valence-electron chi connectivity index (χ4n) is 7.68. The number of ether oxygens (including phenoxy) is 1. The molecule has 2 aromatic carbocycles. The standard InChI is InChI=1S/C39H57N5O4/c1-8-44(32-13-15-43(16-14-32)38(47)39(5,6)7)35-23-31(30-11-9-29(10-12-30)25-42-17-19-48-20-18-42)22-33(28(35)4)36(45)40-24-34-26(2)21-27(3)41-37(34)46/h9-12,22-23,26-27,32,34H,8,13-21,24-25H2,1-7H3,(H,40,45)(H,41,46). The van der Waals surface area contributed by atoms with E-state index < -0.39 is 5.41 Å². The number of carbonyl (C=O) groups excluding carboxylic acids is 3. The van der Waals surface area contributed by atoms with Crippen molar-refractivity contribution >= 4 is 23.4 Å². The number of hydrogen-bond acceptors (Lipinski definition) is 6. The molecule has 2 N–H and O–H groups in total. The van der Waals surface area contributed by atoms with Crippen LogP contribution in [-0.4, -0.2) is 92.1 Å². The van der Waals surface area contributed by atoms with Crippen molar-refractivity contribution in [3.8, 4) is 11.1 Å². The zero-order valence-corrected chi connectivity index (χ0v) is 30.2. The van der Waals surface area contributed by atoms with E-state index in [-0.39, 0.29) is 41.6 Å². The Morgan fingerprint density at radius 1 is 1.00 bits per heavy atom. The molecular formula is C39H57N5O4. The number of amides is 3. The SMILES string of the molecule is CCN(c1cc(-c2ccc(CN3CCOCC3)cc2)cc(C(=O)NCC2C(=O)NC(C)CC2C)c1C)C1CCN(C(=O)C(C)(C)C)CC1. The molecular weight excluding hydrogens is 602 g/mol. The average Bonchev–Trinajstić information content (AvgIpc) is 3.05. The van der Waals surface area contributed by atoms with Gasteiger partial charge >= 0.3 is 0 Å². The van der Waals surface area contributed by atoms with Gasteiger partial charge in [0.2, 0.25) is 11.8 Å². The first-order valence-electron chi connectivity index (χ1n) is 18.0. The summed E-state index contributed by atoms with van der Waals surface area (Å²) in [5.41, 5.74) is 5.54. The number of carbonyl (C=O) groups is 3. The van der Waals surface area contributed by atoms with Crippen LogP contribution in [0.5, 0.6) is 0 Å². The number of likely N-dealkylation sites (tertiary alicyclic amines) is 1. The van der Waals surface area contributed by atoms with E-state index in [9.17, 15) is 14.4 Å². The molecule has 262 valence electrons. The molecule has 9 heteroatoms. The number of nitrogens with one attached hydrogen (secondary N) is 2. The largest absolute Gasteiger partial charge is 0.379 e. The quantitative estimate of drug-likeness (QED) is 0.382. The summed E-state index contributed by atoms with van der Waals surface area (Å²) in [6.45, 7) is 21.2. The van der Waals surface area contributed by atoms with Crippen LogP contribution in [0.2, 0.25) is 0 Å². The van der Waals surface area contributed by atoms with Gasteiger partial charge in [-0.3, -0.25) is 19.3 Å². The number of benzene rings is 2. The number of rotatable bonds is 9. The smallest absolute Gasteiger partial charge is 0.251 e. The molecule has 0 aromatic heterocycles. The lowest BCUT2D eigenvalue weighted by Gasteiger charge is -2.41. The van der Waals surface area contributed by atoms with Crippen molar-refractivity contribution in [1.29, 1.82) is 0 Å². The molecule has 9 nitrogen and oxygen atoms in total. The molecule has 0 radical (unpaired) electrons. The average molecular weight is 660 g/mol. The lowest BCUT2D eigenvalue weighted by atomic mass is 9.84. The van der Waals surface area contributed by atoms with Gasteiger partial charge < -0.3 is 25.2 Å². The van der Waals surface area contributed by atoms with Crippen molar-refractivity contribution in [2.24, 2.45) is 17.3 Å². The fraction of sp³-hybridized carbons (Fsp3) is 0.615. The number of nitrogens with zero attached hydrogens (tertiary/aromatic N) is 3. The van der Waals surface area contributed by atoms with Crippen LogP contribution in [0.25, 0.3) is 11.1 Å². The van der Waals surface area contributed by atoms with Crippen LogP contribution < -0.4 is 15.5 Å². The first-order chi connectivity index (χ1) is 22.8. The van der Waals surface area contributed by atoms with E-state index >= 15 is 0 Å². The van der Waals surface area contributed by atoms with Crippen molar-refractivity contribution in [2.45, 2.75) is 86.4 Å². The van der Waals surface area contributed by atoms with Crippen LogP contribution in [0.3, 0.4) is 0 Å². The van der Waals surface area contributed by atoms with E-state index in [0.717, 1.165) is 94.1 Å². The third-order valence-corrected chi connectivity index (χ3v) is 10.5. The topological polar surface area (TPSA) is 94.2 Å². The third kappa shape index (κ3) is 8.40. The Bertz CT molecular complexity index is 1440. The van der Waals surface area contributed by atoms with Crippen molar-refractivity contribution in [3.63, 3.8) is 0 Å². The maximum absolute atomic E-state index is 14.0. The Hall–Kier alpha value is -3.43. The summed E-state index contributed by atoms with van der Waals surface area (Å²) in [6, 6.07) is 13.4. The molecule has 0 bridgehead atoms. The molecule has 3 heterocycles. The maximum atomic E-state index is 14.0. The summed E-state index contributed by atoms with van der Waals surface area (Å²) in [5.74, 6) is 0.00615. The molecule has 3 saturated heterocycles. The predicted molar refractivity (Wildman–Crippen MR) is 192 cm³/mol. The molecule has 0 spiro atoms. The highest BCUT2D eigenvalue weighted by Gasteiger charge is 2.34. The van der Waals surface area contributed by atoms with Crippen LogP contribution >= 0.6 is 0 Å². The number of hydrogen-bond donors (Lipinski definition) is 2. The second-order valence-electron chi connectivity index (χ2n) is 15.3. The minimum atomic E-state index is -0.392. The Balaban J connectivity index is 1.42. The normalized spacial score (nSPS) is 22.7. The van der Waals surface area contributed by atoms with E-state index in [1.54, 1.807) is 0 Å². The molecule has 3 atom stereocenters. The summed E-state index contributed by atoms with van der Waals surface area (Å²) < 4.78 is 5.52. The van der Waals surface area contributed by atoms with Crippen LogP contribution in [0, 0.1) is 24.2 Å². The number of morpholine rings is 1. The van der Waals surface area contributed by atoms with Gasteiger partial charge in [-0.05, 0) is 80.3 Å². The van der Waals surface area contributed by atoms with E-state index in [1.165, 1.54) is 5.56 Å². The summed E-state index contributed by atoms with van der Waals surface area (Å²) in [7, 11) is 0. The minimum absolute atomic E-state index is 0.0123. The second-order valence-corrected chi connectivity index (χ2v) is 15.3. The Morgan fingerprint density at radius 2 is 1.67 bits per heavy atom. The summed E-state index contributed by atoms with van der Waals surface area (Å²) >= 11 is 0. The second kappa shape index (κ2) is 15.4. The van der Waals surface area contributed by atoms with Gasteiger partial charge in [0.15, 0.2) is 0 Å². The van der Waals surface area contributed by atoms with E-state index in [1.807, 2.05) is 45.6 Å². The zero-order chi connectivity index (χ0) is 34.6. The highest BCUT2D eigenvalue weighted by Crippen LogP contribution is 2.35. The van der Waals surface area contributed by atoms with Crippen LogP contribution in [0.4, 0.5) is 5.69 Å². The van der Waals surface area contributed by atoms with Gasteiger partial charge in [-0.1, -0.05) is 52.0 Å². The summed E-state index contributed by atoms with van der Waals surface area (Å²) in [6.07, 6.45) is 2.66. The predicted octanol–water partition coefficient (Wildman–Crippen LogP) is 5.25. The highest BCUT2D eigenvalue weighted by molar-refractivity contribution is 5.99.